The van der Waals surface area contributed by atoms with Crippen LogP contribution in [0.1, 0.15) is 23.1 Å². The molecule has 0 aromatic heterocycles. The molecule has 0 fully saturated rings. The minimum absolute atomic E-state index is 0.889. The van der Waals surface area contributed by atoms with Gasteiger partial charge in [-0.1, -0.05) is 162 Å². The molecule has 7 aromatic rings. The Morgan fingerprint density at radius 3 is 1.48 bits per heavy atom. The first-order valence-electron chi connectivity index (χ1n) is 15.7. The summed E-state index contributed by atoms with van der Waals surface area (Å²) in [5, 5.41) is 7.59. The summed E-state index contributed by atoms with van der Waals surface area (Å²) in [6, 6.07) is 56.7. The summed E-state index contributed by atoms with van der Waals surface area (Å²) in [5.41, 5.74) is 9.32. The minimum Gasteiger partial charge on any atom is -0.662 e. The fraction of sp³-hybridized carbons (Fsp3) is 0.0952. The normalized spacial score (nSPS) is 15.3. The van der Waals surface area contributed by atoms with Gasteiger partial charge in [-0.3, -0.25) is 0 Å². The summed E-state index contributed by atoms with van der Waals surface area (Å²) in [6.45, 7) is 3.06. The fourth-order valence-corrected chi connectivity index (χ4v) is 7.75. The minimum atomic E-state index is -1.62. The van der Waals surface area contributed by atoms with Gasteiger partial charge in [0, 0.05) is 6.42 Å². The van der Waals surface area contributed by atoms with Gasteiger partial charge in [-0.05, 0) is 50.9 Å². The largest absolute Gasteiger partial charge is 0.662 e. The molecule has 7 aromatic carbocycles. The van der Waals surface area contributed by atoms with Crippen LogP contribution in [0.2, 0.25) is 0 Å². The van der Waals surface area contributed by atoms with Gasteiger partial charge in [0.15, 0.2) is 0 Å². The zero-order chi connectivity index (χ0) is 29.7. The van der Waals surface area contributed by atoms with E-state index in [1.165, 1.54) is 71.0 Å². The zero-order valence-corrected chi connectivity index (χ0v) is 25.3. The van der Waals surface area contributed by atoms with Crippen LogP contribution in [-0.2, 0) is 4.28 Å². The Balaban J connectivity index is 1.53. The molecule has 0 saturated carbocycles. The van der Waals surface area contributed by atoms with Crippen molar-refractivity contribution in [2.75, 3.05) is 13.7 Å². The molecule has 2 heteroatoms. The maximum atomic E-state index is 3.78. The summed E-state index contributed by atoms with van der Waals surface area (Å²) >= 11 is 0. The Kier molecular flexibility index (Phi) is 6.47. The van der Waals surface area contributed by atoms with Gasteiger partial charge < -0.3 is 4.28 Å². The summed E-state index contributed by atoms with van der Waals surface area (Å²) in [4.78, 5) is 0. The van der Waals surface area contributed by atoms with Crippen molar-refractivity contribution in [1.82, 2.24) is 0 Å². The van der Waals surface area contributed by atoms with E-state index < -0.39 is 6.35 Å². The molecule has 0 amide bonds. The summed E-state index contributed by atoms with van der Waals surface area (Å²) in [5.74, 6) is 0. The van der Waals surface area contributed by atoms with Crippen LogP contribution in [0.15, 0.2) is 152 Å². The molecule has 212 valence electrons. The van der Waals surface area contributed by atoms with Crippen LogP contribution in [-0.4, -0.2) is 20.1 Å². The predicted octanol–water partition coefficient (Wildman–Crippen LogP) is 9.25. The lowest BCUT2D eigenvalue weighted by Gasteiger charge is -2.52. The third-order valence-electron chi connectivity index (χ3n) is 9.96. The highest BCUT2D eigenvalue weighted by Gasteiger charge is 2.49. The Morgan fingerprint density at radius 1 is 0.477 bits per heavy atom. The van der Waals surface area contributed by atoms with Crippen molar-refractivity contribution in [3.8, 4) is 0 Å². The molecule has 0 unspecified atom stereocenters. The van der Waals surface area contributed by atoms with Gasteiger partial charge in [-0.25, -0.2) is 0 Å². The molecule has 8 rings (SSSR count). The maximum absolute atomic E-state index is 3.78. The van der Waals surface area contributed by atoms with Crippen molar-refractivity contribution < 1.29 is 4.28 Å². The van der Waals surface area contributed by atoms with Crippen LogP contribution in [0, 0.1) is 6.92 Å². The number of rotatable bonds is 4. The van der Waals surface area contributed by atoms with Gasteiger partial charge in [0.2, 0.25) is 0 Å². The highest BCUT2D eigenvalue weighted by atomic mass is 16.6. The lowest BCUT2D eigenvalue weighted by Crippen LogP contribution is -2.68. The molecule has 1 heterocycles. The van der Waals surface area contributed by atoms with Crippen LogP contribution >= 0.6 is 0 Å². The van der Waals surface area contributed by atoms with Crippen molar-refractivity contribution in [2.45, 2.75) is 13.3 Å². The van der Waals surface area contributed by atoms with Crippen LogP contribution in [0.5, 0.6) is 0 Å². The van der Waals surface area contributed by atoms with Gasteiger partial charge in [-0.15, -0.1) is 16.4 Å². The van der Waals surface area contributed by atoms with E-state index in [0.29, 0.717) is 0 Å². The monoisotopic (exact) mass is 566 g/mol. The second kappa shape index (κ2) is 10.7. The van der Waals surface area contributed by atoms with Gasteiger partial charge in [0.05, 0.1) is 7.11 Å². The molecule has 1 nitrogen and oxygen atoms in total. The second-order valence-electron chi connectivity index (χ2n) is 12.5. The number of hydrogen-bond donors (Lipinski definition) is 0. The van der Waals surface area contributed by atoms with E-state index in [0.717, 1.165) is 13.0 Å². The smallest absolute Gasteiger partial charge is 0.377 e. The van der Waals surface area contributed by atoms with E-state index in [4.69, 9.17) is 0 Å². The molecule has 0 spiro atoms. The Bertz CT molecular complexity index is 2130. The van der Waals surface area contributed by atoms with Gasteiger partial charge in [0.1, 0.15) is 6.61 Å². The molecular weight excluding hydrogens is 531 g/mol. The predicted molar refractivity (Wildman–Crippen MR) is 191 cm³/mol. The molecule has 1 aliphatic heterocycles. The van der Waals surface area contributed by atoms with Gasteiger partial charge in [-0.2, -0.15) is 0 Å². The molecule has 0 radical (unpaired) electrons. The Morgan fingerprint density at radius 2 is 0.932 bits per heavy atom. The third-order valence-corrected chi connectivity index (χ3v) is 9.96. The van der Waals surface area contributed by atoms with E-state index >= 15 is 0 Å². The molecule has 44 heavy (non-hydrogen) atoms. The number of aryl methyl sites for hydroxylation is 1. The first kappa shape index (κ1) is 26.7. The highest BCUT2D eigenvalue weighted by Crippen LogP contribution is 2.43. The zero-order valence-electron chi connectivity index (χ0n) is 25.3. The van der Waals surface area contributed by atoms with Crippen molar-refractivity contribution in [3.05, 3.63) is 168 Å². The molecule has 1 aliphatic rings. The van der Waals surface area contributed by atoms with E-state index in [9.17, 15) is 0 Å². The number of benzene rings is 7. The molecule has 0 bridgehead atoms. The standard InChI is InChI=1S/C42H35BO/c1-30-15-17-34(18-16-30)41-25-26-44(2)43(39-23-21-32-10-4-7-13-36(32)28-39,40-24-22-33-11-5-8-14-37(33)29-40)42(41)38-20-19-31-9-3-6-12-35(31)27-38/h3-24,27-29H,25-26H2,1-2H3. The van der Waals surface area contributed by atoms with Crippen LogP contribution < -0.4 is 10.9 Å². The van der Waals surface area contributed by atoms with E-state index in [2.05, 4.69) is 170 Å². The highest BCUT2D eigenvalue weighted by molar-refractivity contribution is 7.12. The molecule has 0 aliphatic carbocycles. The quantitative estimate of drug-likeness (QED) is 0.148. The first-order valence-corrected chi connectivity index (χ1v) is 15.7. The first-order chi connectivity index (χ1) is 21.6. The van der Waals surface area contributed by atoms with Gasteiger partial charge >= 0.3 is 6.35 Å². The number of fused-ring (bicyclic) bond motifs is 3. The van der Waals surface area contributed by atoms with Crippen molar-refractivity contribution in [2.24, 2.45) is 0 Å². The average molecular weight is 567 g/mol. The van der Waals surface area contributed by atoms with Crippen LogP contribution in [0.3, 0.4) is 0 Å². The van der Waals surface area contributed by atoms with Crippen molar-refractivity contribution in [3.63, 3.8) is 0 Å². The van der Waals surface area contributed by atoms with E-state index in [-0.39, 0.29) is 0 Å². The fourth-order valence-electron chi connectivity index (χ4n) is 7.75. The summed E-state index contributed by atoms with van der Waals surface area (Å²) in [6.07, 6.45) is -0.663. The van der Waals surface area contributed by atoms with Crippen molar-refractivity contribution >= 4 is 60.6 Å². The van der Waals surface area contributed by atoms with E-state index in [1.807, 2.05) is 0 Å². The SMILES string of the molecule is Cc1ccc(C2=C(c3ccc4ccccc4c3)[B-](c3ccc4ccccc4c3)(c3ccc4ccccc4c3)[O+](C)CC2)cc1. The lowest BCUT2D eigenvalue weighted by atomic mass is 9.25. The van der Waals surface area contributed by atoms with Crippen LogP contribution in [0.4, 0.5) is 0 Å². The van der Waals surface area contributed by atoms with Crippen LogP contribution in [0.25, 0.3) is 43.4 Å². The molecular formula is C42H35BO. The maximum Gasteiger partial charge on any atom is 0.377 e. The molecule has 0 N–H and O–H groups in total. The molecule has 0 saturated heterocycles. The Hall–Kier alpha value is -4.92. The van der Waals surface area contributed by atoms with E-state index in [1.54, 1.807) is 0 Å². The summed E-state index contributed by atoms with van der Waals surface area (Å²) in [7, 11) is 2.26. The topological polar surface area (TPSA) is 2.70 Å². The summed E-state index contributed by atoms with van der Waals surface area (Å²) < 4.78 is 3.78. The molecule has 0 atom stereocenters. The average Bonchev–Trinajstić information content (AvgIpc) is 3.08. The lowest BCUT2D eigenvalue weighted by molar-refractivity contribution is 0.0582. The third kappa shape index (κ3) is 4.29. The van der Waals surface area contributed by atoms with Gasteiger partial charge in [0.25, 0.3) is 0 Å². The van der Waals surface area contributed by atoms with Crippen molar-refractivity contribution in [1.29, 1.82) is 0 Å². The number of hydrogen-bond acceptors (Lipinski definition) is 0. The Labute approximate surface area is 259 Å². The second-order valence-corrected chi connectivity index (χ2v) is 12.5.